The minimum Gasteiger partial charge on any atom is -0.380 e. The molecule has 1 aliphatic rings. The van der Waals surface area contributed by atoms with Crippen molar-refractivity contribution in [2.24, 2.45) is 5.41 Å². The molecule has 1 fully saturated rings. The van der Waals surface area contributed by atoms with E-state index in [0.717, 1.165) is 18.8 Å². The largest absolute Gasteiger partial charge is 0.380 e. The van der Waals surface area contributed by atoms with Crippen LogP contribution in [0.1, 0.15) is 18.1 Å². The van der Waals surface area contributed by atoms with Gasteiger partial charge in [-0.05, 0) is 18.6 Å². The van der Waals surface area contributed by atoms with Gasteiger partial charge in [0.15, 0.2) is 0 Å². The first-order valence-electron chi connectivity index (χ1n) is 6.18. The topological polar surface area (TPSA) is 38.3 Å². The highest BCUT2D eigenvalue weighted by Gasteiger charge is 2.33. The minimum absolute atomic E-state index is 0.0521. The van der Waals surface area contributed by atoms with Crippen LogP contribution in [0.4, 0.5) is 0 Å². The van der Waals surface area contributed by atoms with Crippen LogP contribution in [0.2, 0.25) is 0 Å². The molecule has 18 heavy (non-hydrogen) atoms. The second kappa shape index (κ2) is 5.36. The van der Waals surface area contributed by atoms with Gasteiger partial charge in [0.2, 0.25) is 5.91 Å². The van der Waals surface area contributed by atoms with Gasteiger partial charge in [-0.15, -0.1) is 0 Å². The fourth-order valence-corrected chi connectivity index (χ4v) is 1.76. The SMILES string of the molecule is Cc1ccc(C=CC(=O)NCC2(C)COC2)cc1. The summed E-state index contributed by atoms with van der Waals surface area (Å²) >= 11 is 0. The molecule has 1 heterocycles. The zero-order chi connectivity index (χ0) is 13.0. The van der Waals surface area contributed by atoms with Gasteiger partial charge in [0.05, 0.1) is 13.2 Å². The molecule has 1 aromatic rings. The second-order valence-electron chi connectivity index (χ2n) is 5.27. The van der Waals surface area contributed by atoms with Gasteiger partial charge in [-0.25, -0.2) is 0 Å². The maximum atomic E-state index is 11.6. The molecule has 0 aromatic heterocycles. The number of nitrogens with one attached hydrogen (secondary N) is 1. The van der Waals surface area contributed by atoms with Crippen molar-refractivity contribution < 1.29 is 9.53 Å². The van der Waals surface area contributed by atoms with E-state index in [1.165, 1.54) is 5.56 Å². The highest BCUT2D eigenvalue weighted by Crippen LogP contribution is 2.24. The van der Waals surface area contributed by atoms with E-state index in [9.17, 15) is 4.79 Å². The smallest absolute Gasteiger partial charge is 0.244 e. The van der Waals surface area contributed by atoms with Crippen LogP contribution in [0.25, 0.3) is 6.08 Å². The molecular formula is C15H19NO2. The highest BCUT2D eigenvalue weighted by atomic mass is 16.5. The van der Waals surface area contributed by atoms with Gasteiger partial charge in [-0.3, -0.25) is 4.79 Å². The van der Waals surface area contributed by atoms with E-state index in [1.54, 1.807) is 6.08 Å². The van der Waals surface area contributed by atoms with Crippen LogP contribution in [0.3, 0.4) is 0 Å². The van der Waals surface area contributed by atoms with Gasteiger partial charge in [-0.1, -0.05) is 36.8 Å². The summed E-state index contributed by atoms with van der Waals surface area (Å²) in [6, 6.07) is 8.06. The normalized spacial score (nSPS) is 17.4. The fraction of sp³-hybridized carbons (Fsp3) is 0.400. The third-order valence-electron chi connectivity index (χ3n) is 3.09. The van der Waals surface area contributed by atoms with E-state index in [4.69, 9.17) is 4.74 Å². The molecular weight excluding hydrogens is 226 g/mol. The van der Waals surface area contributed by atoms with Gasteiger partial charge < -0.3 is 10.1 Å². The van der Waals surface area contributed by atoms with Crippen molar-refractivity contribution in [2.45, 2.75) is 13.8 Å². The number of rotatable bonds is 4. The Labute approximate surface area is 108 Å². The standard InChI is InChI=1S/C15H19NO2/c1-12-3-5-13(6-4-12)7-8-14(17)16-9-15(2)10-18-11-15/h3-8H,9-11H2,1-2H3,(H,16,17). The first kappa shape index (κ1) is 12.8. The number of aryl methyl sites for hydroxylation is 1. The number of carbonyl (C=O) groups is 1. The van der Waals surface area contributed by atoms with Crippen molar-refractivity contribution in [3.05, 3.63) is 41.5 Å². The number of ether oxygens (including phenoxy) is 1. The lowest BCUT2D eigenvalue weighted by Crippen LogP contribution is -2.48. The molecule has 0 atom stereocenters. The van der Waals surface area contributed by atoms with E-state index in [1.807, 2.05) is 37.3 Å². The summed E-state index contributed by atoms with van der Waals surface area (Å²) in [7, 11) is 0. The molecule has 1 saturated heterocycles. The number of benzene rings is 1. The zero-order valence-corrected chi connectivity index (χ0v) is 10.9. The molecule has 0 aliphatic carbocycles. The van der Waals surface area contributed by atoms with Crippen molar-refractivity contribution in [3.8, 4) is 0 Å². The Morgan fingerprint density at radius 3 is 2.61 bits per heavy atom. The van der Waals surface area contributed by atoms with Crippen molar-refractivity contribution in [2.75, 3.05) is 19.8 Å². The van der Waals surface area contributed by atoms with E-state index in [-0.39, 0.29) is 11.3 Å². The van der Waals surface area contributed by atoms with Crippen molar-refractivity contribution in [3.63, 3.8) is 0 Å². The molecule has 2 rings (SSSR count). The summed E-state index contributed by atoms with van der Waals surface area (Å²) in [4.78, 5) is 11.6. The predicted molar refractivity (Wildman–Crippen MR) is 72.1 cm³/mol. The van der Waals surface area contributed by atoms with Gasteiger partial charge in [0.1, 0.15) is 0 Å². The van der Waals surface area contributed by atoms with Gasteiger partial charge >= 0.3 is 0 Å². The monoisotopic (exact) mass is 245 g/mol. The lowest BCUT2D eigenvalue weighted by molar-refractivity contribution is -0.122. The molecule has 3 nitrogen and oxygen atoms in total. The lowest BCUT2D eigenvalue weighted by Gasteiger charge is -2.37. The van der Waals surface area contributed by atoms with Crippen molar-refractivity contribution in [1.29, 1.82) is 0 Å². The summed E-state index contributed by atoms with van der Waals surface area (Å²) in [6.07, 6.45) is 3.40. The summed E-state index contributed by atoms with van der Waals surface area (Å²) in [5.41, 5.74) is 2.37. The summed E-state index contributed by atoms with van der Waals surface area (Å²) in [6.45, 7) is 6.29. The predicted octanol–water partition coefficient (Wildman–Crippen LogP) is 2.16. The average molecular weight is 245 g/mol. The summed E-state index contributed by atoms with van der Waals surface area (Å²) in [5.74, 6) is -0.0521. The maximum Gasteiger partial charge on any atom is 0.244 e. The average Bonchev–Trinajstić information content (AvgIpc) is 2.33. The van der Waals surface area contributed by atoms with Crippen molar-refractivity contribution in [1.82, 2.24) is 5.32 Å². The Morgan fingerprint density at radius 2 is 2.06 bits per heavy atom. The third-order valence-corrected chi connectivity index (χ3v) is 3.09. The van der Waals surface area contributed by atoms with E-state index >= 15 is 0 Å². The van der Waals surface area contributed by atoms with Crippen LogP contribution in [0.5, 0.6) is 0 Å². The lowest BCUT2D eigenvalue weighted by atomic mass is 9.89. The highest BCUT2D eigenvalue weighted by molar-refractivity contribution is 5.91. The molecule has 1 aliphatic heterocycles. The number of hydrogen-bond acceptors (Lipinski definition) is 2. The number of hydrogen-bond donors (Lipinski definition) is 1. The third kappa shape index (κ3) is 3.44. The quantitative estimate of drug-likeness (QED) is 0.826. The number of carbonyl (C=O) groups excluding carboxylic acids is 1. The van der Waals surface area contributed by atoms with Crippen molar-refractivity contribution >= 4 is 12.0 Å². The Morgan fingerprint density at radius 1 is 1.39 bits per heavy atom. The van der Waals surface area contributed by atoms with Gasteiger partial charge in [-0.2, -0.15) is 0 Å². The summed E-state index contributed by atoms with van der Waals surface area (Å²) in [5, 5.41) is 2.90. The second-order valence-corrected chi connectivity index (χ2v) is 5.27. The molecule has 3 heteroatoms. The zero-order valence-electron chi connectivity index (χ0n) is 10.9. The molecule has 1 aromatic carbocycles. The first-order chi connectivity index (χ1) is 8.57. The van der Waals surface area contributed by atoms with E-state index in [0.29, 0.717) is 6.54 Å². The Hall–Kier alpha value is -1.61. The Balaban J connectivity index is 1.81. The number of amides is 1. The maximum absolute atomic E-state index is 11.6. The molecule has 96 valence electrons. The molecule has 0 unspecified atom stereocenters. The molecule has 0 saturated carbocycles. The minimum atomic E-state index is -0.0521. The van der Waals surface area contributed by atoms with Gasteiger partial charge in [0.25, 0.3) is 0 Å². The van der Waals surface area contributed by atoms with Crippen LogP contribution in [-0.2, 0) is 9.53 Å². The Kier molecular flexibility index (Phi) is 3.82. The van der Waals surface area contributed by atoms with Crippen LogP contribution >= 0.6 is 0 Å². The van der Waals surface area contributed by atoms with Crippen LogP contribution < -0.4 is 5.32 Å². The van der Waals surface area contributed by atoms with Crippen LogP contribution in [0.15, 0.2) is 30.3 Å². The molecule has 1 amide bonds. The van der Waals surface area contributed by atoms with E-state index < -0.39 is 0 Å². The van der Waals surface area contributed by atoms with E-state index in [2.05, 4.69) is 12.2 Å². The van der Waals surface area contributed by atoms with Gasteiger partial charge in [0, 0.05) is 18.0 Å². The first-order valence-corrected chi connectivity index (χ1v) is 6.18. The molecule has 1 N–H and O–H groups in total. The molecule has 0 bridgehead atoms. The summed E-state index contributed by atoms with van der Waals surface area (Å²) < 4.78 is 5.14. The molecule has 0 radical (unpaired) electrons. The fourth-order valence-electron chi connectivity index (χ4n) is 1.76. The van der Waals surface area contributed by atoms with Crippen LogP contribution in [0, 0.1) is 12.3 Å². The Bertz CT molecular complexity index is 444. The molecule has 0 spiro atoms. The van der Waals surface area contributed by atoms with Crippen LogP contribution in [-0.4, -0.2) is 25.7 Å².